The van der Waals surface area contributed by atoms with Crippen molar-refractivity contribution in [3.8, 4) is 0 Å². The molecule has 1 aliphatic rings. The van der Waals surface area contributed by atoms with Crippen molar-refractivity contribution in [2.45, 2.75) is 122 Å². The second kappa shape index (κ2) is 25.2. The van der Waals surface area contributed by atoms with Crippen LogP contribution >= 0.6 is 0 Å². The molecule has 0 aliphatic carbocycles. The summed E-state index contributed by atoms with van der Waals surface area (Å²) in [6, 6.07) is 15.1. The van der Waals surface area contributed by atoms with Gasteiger partial charge in [0.15, 0.2) is 5.78 Å². The predicted octanol–water partition coefficient (Wildman–Crippen LogP) is 9.37. The number of hydrogen-bond acceptors (Lipinski definition) is 7. The summed E-state index contributed by atoms with van der Waals surface area (Å²) in [6.07, 6.45) is 25.3. The third-order valence-electron chi connectivity index (χ3n) is 9.29. The average molecular weight is 729 g/mol. The predicted molar refractivity (Wildman–Crippen MR) is 206 cm³/mol. The van der Waals surface area contributed by atoms with Crippen LogP contribution in [0.2, 0.25) is 0 Å². The first kappa shape index (κ1) is 42.6. The number of unbranched alkanes of at least 4 members (excludes halogenated alkanes) is 14. The number of anilines is 2. The Morgan fingerprint density at radius 3 is 1.91 bits per heavy atom. The van der Waals surface area contributed by atoms with E-state index in [0.29, 0.717) is 11.4 Å². The van der Waals surface area contributed by atoms with Crippen LogP contribution in [0.3, 0.4) is 0 Å². The molecular formula is C43H56N2O8. The largest absolute Gasteiger partial charge is 0.481 e. The van der Waals surface area contributed by atoms with E-state index in [9.17, 15) is 33.9 Å². The Morgan fingerprint density at radius 1 is 0.717 bits per heavy atom. The Balaban J connectivity index is 1.18. The minimum Gasteiger partial charge on any atom is -0.481 e. The van der Waals surface area contributed by atoms with Gasteiger partial charge in [-0.05, 0) is 43.5 Å². The number of benzene rings is 2. The number of amides is 2. The third-order valence-corrected chi connectivity index (χ3v) is 9.29. The number of aliphatic carboxylic acids is 1. The van der Waals surface area contributed by atoms with Crippen molar-refractivity contribution in [3.63, 3.8) is 0 Å². The van der Waals surface area contributed by atoms with Crippen LogP contribution in [0.4, 0.5) is 11.4 Å². The molecule has 1 aliphatic heterocycles. The topological polar surface area (TPSA) is 156 Å². The van der Waals surface area contributed by atoms with Crippen LogP contribution in [0.25, 0.3) is 0 Å². The van der Waals surface area contributed by atoms with E-state index in [0.717, 1.165) is 38.5 Å². The standard InChI is InChI=1S/C43H56N2O8/c46-38(32-40(48)44-36-26-20-17-21-27-36)33-25-22-28-37(29-33)45-39(47)30-34(42(50)51)23-18-15-13-11-9-7-5-3-1-2-4-6-8-10-12-14-16-19-24-35-31-41(49)53-43(35)52/h13,15,17-18,20-23,25-29,34-35H,1-12,14,16,19,24,30-32H2,(H,44,48)(H,45,47)(H,50,51)/b15-13+,23-18-/t34-,35-/m1/s1. The Hall–Kier alpha value is -4.86. The number of hydrogen-bond donors (Lipinski definition) is 3. The molecule has 0 saturated carbocycles. The normalized spacial score (nSPS) is 14.8. The number of carboxylic acids is 1. The summed E-state index contributed by atoms with van der Waals surface area (Å²) in [6.45, 7) is 0. The quantitative estimate of drug-likeness (QED) is 0.0270. The highest BCUT2D eigenvalue weighted by Gasteiger charge is 2.32. The molecule has 2 amide bonds. The minimum atomic E-state index is -1.10. The van der Waals surface area contributed by atoms with E-state index in [-0.39, 0.29) is 42.7 Å². The number of carbonyl (C=O) groups is 6. The minimum absolute atomic E-state index is 0.210. The van der Waals surface area contributed by atoms with Gasteiger partial charge in [-0.2, -0.15) is 0 Å². The van der Waals surface area contributed by atoms with Gasteiger partial charge in [0.25, 0.3) is 0 Å². The fourth-order valence-electron chi connectivity index (χ4n) is 6.28. The molecule has 2 atom stereocenters. The molecule has 1 fully saturated rings. The van der Waals surface area contributed by atoms with Crippen molar-refractivity contribution >= 4 is 46.9 Å². The van der Waals surface area contributed by atoms with Crippen molar-refractivity contribution in [1.82, 2.24) is 0 Å². The van der Waals surface area contributed by atoms with Crippen LogP contribution in [-0.2, 0) is 28.7 Å². The Labute approximate surface area is 313 Å². The van der Waals surface area contributed by atoms with Gasteiger partial charge < -0.3 is 20.5 Å². The molecule has 286 valence electrons. The number of ketones is 1. The molecule has 3 rings (SSSR count). The summed E-state index contributed by atoms with van der Waals surface area (Å²) >= 11 is 0. The fourth-order valence-corrected chi connectivity index (χ4v) is 6.28. The summed E-state index contributed by atoms with van der Waals surface area (Å²) in [5.74, 6) is -4.37. The highest BCUT2D eigenvalue weighted by Crippen LogP contribution is 2.23. The lowest BCUT2D eigenvalue weighted by atomic mass is 9.98. The molecule has 10 nitrogen and oxygen atoms in total. The van der Waals surface area contributed by atoms with Gasteiger partial charge in [-0.3, -0.25) is 28.8 Å². The number of para-hydroxylation sites is 1. The lowest BCUT2D eigenvalue weighted by Gasteiger charge is -2.10. The van der Waals surface area contributed by atoms with Gasteiger partial charge in [-0.25, -0.2) is 0 Å². The van der Waals surface area contributed by atoms with Gasteiger partial charge in [0.2, 0.25) is 11.8 Å². The molecular weight excluding hydrogens is 672 g/mol. The second-order valence-corrected chi connectivity index (χ2v) is 13.8. The number of cyclic esters (lactones) is 2. The molecule has 1 saturated heterocycles. The van der Waals surface area contributed by atoms with Gasteiger partial charge in [0.1, 0.15) is 0 Å². The average Bonchev–Trinajstić information content (AvgIpc) is 3.46. The Morgan fingerprint density at radius 2 is 1.30 bits per heavy atom. The van der Waals surface area contributed by atoms with Gasteiger partial charge in [-0.15, -0.1) is 0 Å². The first-order valence-corrected chi connectivity index (χ1v) is 19.3. The number of carbonyl (C=O) groups excluding carboxylic acids is 5. The van der Waals surface area contributed by atoms with Crippen molar-refractivity contribution in [1.29, 1.82) is 0 Å². The van der Waals surface area contributed by atoms with Crippen molar-refractivity contribution < 1.29 is 38.6 Å². The van der Waals surface area contributed by atoms with Crippen molar-refractivity contribution in [2.24, 2.45) is 11.8 Å². The van der Waals surface area contributed by atoms with E-state index in [2.05, 4.69) is 15.4 Å². The van der Waals surface area contributed by atoms with Gasteiger partial charge in [-0.1, -0.05) is 138 Å². The molecule has 2 aromatic carbocycles. The number of nitrogens with one attached hydrogen (secondary N) is 2. The number of allylic oxidation sites excluding steroid dienone is 3. The summed E-state index contributed by atoms with van der Waals surface area (Å²) in [5.41, 5.74) is 1.20. The second-order valence-electron chi connectivity index (χ2n) is 13.8. The lowest BCUT2D eigenvalue weighted by molar-refractivity contribution is -0.153. The highest BCUT2D eigenvalue weighted by molar-refractivity contribution is 6.11. The number of Topliss-reactive ketones (excluding diaryl/α,β-unsaturated/α-hetero) is 1. The number of esters is 2. The SMILES string of the molecule is O=C(CC(=O)c1cccc(NC(=O)C[C@@H](/C=C\C=C\CCCCCCCCCCCCCCCC[C@@H]2CC(=O)OC2=O)C(=O)O)c1)Nc1ccccc1. The van der Waals surface area contributed by atoms with Gasteiger partial charge in [0, 0.05) is 23.4 Å². The van der Waals surface area contributed by atoms with Crippen LogP contribution in [0.1, 0.15) is 132 Å². The highest BCUT2D eigenvalue weighted by atomic mass is 16.6. The third kappa shape index (κ3) is 18.5. The maximum Gasteiger partial charge on any atom is 0.317 e. The lowest BCUT2D eigenvalue weighted by Crippen LogP contribution is -2.21. The maximum absolute atomic E-state index is 12.7. The zero-order valence-electron chi connectivity index (χ0n) is 30.9. The zero-order valence-corrected chi connectivity index (χ0v) is 30.9. The molecule has 0 spiro atoms. The van der Waals surface area contributed by atoms with E-state index in [1.165, 1.54) is 76.4 Å². The molecule has 0 radical (unpaired) electrons. The molecule has 3 N–H and O–H groups in total. The van der Waals surface area contributed by atoms with Gasteiger partial charge in [0.05, 0.1) is 24.7 Å². The van der Waals surface area contributed by atoms with Gasteiger partial charge >= 0.3 is 17.9 Å². The monoisotopic (exact) mass is 728 g/mol. The van der Waals surface area contributed by atoms with Crippen LogP contribution in [-0.4, -0.2) is 40.6 Å². The van der Waals surface area contributed by atoms with Crippen molar-refractivity contribution in [2.75, 3.05) is 10.6 Å². The summed E-state index contributed by atoms with van der Waals surface area (Å²) in [7, 11) is 0. The number of rotatable bonds is 27. The summed E-state index contributed by atoms with van der Waals surface area (Å²) in [4.78, 5) is 71.9. The summed E-state index contributed by atoms with van der Waals surface area (Å²) in [5, 5.41) is 15.0. The number of carboxylic acid groups (broad SMARTS) is 1. The Bertz CT molecular complexity index is 1530. The fraction of sp³-hybridized carbons (Fsp3) is 0.488. The zero-order chi connectivity index (χ0) is 38.1. The van der Waals surface area contributed by atoms with Crippen LogP contribution < -0.4 is 10.6 Å². The molecule has 53 heavy (non-hydrogen) atoms. The summed E-state index contributed by atoms with van der Waals surface area (Å²) < 4.78 is 4.60. The molecule has 1 heterocycles. The molecule has 0 aromatic heterocycles. The first-order valence-electron chi connectivity index (χ1n) is 19.3. The smallest absolute Gasteiger partial charge is 0.317 e. The van der Waals surface area contributed by atoms with E-state index < -0.39 is 29.5 Å². The molecule has 10 heteroatoms. The molecule has 2 aromatic rings. The van der Waals surface area contributed by atoms with E-state index >= 15 is 0 Å². The van der Waals surface area contributed by atoms with Crippen LogP contribution in [0.15, 0.2) is 78.9 Å². The van der Waals surface area contributed by atoms with E-state index in [1.54, 1.807) is 48.5 Å². The molecule has 0 unspecified atom stereocenters. The number of ether oxygens (including phenoxy) is 1. The van der Waals surface area contributed by atoms with E-state index in [4.69, 9.17) is 0 Å². The van der Waals surface area contributed by atoms with Crippen LogP contribution in [0, 0.1) is 11.8 Å². The van der Waals surface area contributed by atoms with E-state index in [1.807, 2.05) is 18.2 Å². The van der Waals surface area contributed by atoms with Crippen LogP contribution in [0.5, 0.6) is 0 Å². The first-order chi connectivity index (χ1) is 25.7. The maximum atomic E-state index is 12.7. The Kier molecular flexibility index (Phi) is 20.2. The van der Waals surface area contributed by atoms with Crippen molar-refractivity contribution in [3.05, 3.63) is 84.5 Å². The molecule has 0 bridgehead atoms.